The lowest BCUT2D eigenvalue weighted by atomic mass is 10.0. The zero-order chi connectivity index (χ0) is 24.5. The largest absolute Gasteiger partial charge is 0.416 e. The summed E-state index contributed by atoms with van der Waals surface area (Å²) < 4.78 is 41.0. The van der Waals surface area contributed by atoms with Gasteiger partial charge < -0.3 is 14.9 Å². The van der Waals surface area contributed by atoms with Crippen molar-refractivity contribution in [3.8, 4) is 6.07 Å². The van der Waals surface area contributed by atoms with Gasteiger partial charge in [0.05, 0.1) is 16.1 Å². The van der Waals surface area contributed by atoms with Crippen molar-refractivity contribution in [3.05, 3.63) is 64.2 Å². The average molecular weight is 492 g/mol. The first-order chi connectivity index (χ1) is 16.1. The Morgan fingerprint density at radius 3 is 2.59 bits per heavy atom. The van der Waals surface area contributed by atoms with Gasteiger partial charge in [0.25, 0.3) is 5.91 Å². The first-order valence-corrected chi connectivity index (χ1v) is 11.6. The van der Waals surface area contributed by atoms with Crippen LogP contribution in [-0.4, -0.2) is 40.6 Å². The highest BCUT2D eigenvalue weighted by molar-refractivity contribution is 6.32. The van der Waals surface area contributed by atoms with E-state index in [2.05, 4.69) is 0 Å². The van der Waals surface area contributed by atoms with Crippen molar-refractivity contribution >= 4 is 23.2 Å². The van der Waals surface area contributed by atoms with Gasteiger partial charge in [-0.1, -0.05) is 29.8 Å². The number of halogens is 4. The van der Waals surface area contributed by atoms with Crippen LogP contribution in [0.5, 0.6) is 0 Å². The molecule has 0 aromatic heterocycles. The van der Waals surface area contributed by atoms with E-state index in [0.717, 1.165) is 18.9 Å². The van der Waals surface area contributed by atoms with Crippen molar-refractivity contribution < 1.29 is 23.1 Å². The summed E-state index contributed by atoms with van der Waals surface area (Å²) in [7, 11) is 0. The third-order valence-electron chi connectivity index (χ3n) is 6.79. The van der Waals surface area contributed by atoms with Gasteiger partial charge in [0, 0.05) is 31.4 Å². The van der Waals surface area contributed by atoms with Crippen LogP contribution in [0.25, 0.3) is 0 Å². The van der Waals surface area contributed by atoms with E-state index in [0.29, 0.717) is 31.5 Å². The molecule has 1 saturated carbocycles. The molecule has 2 aliphatic rings. The molecule has 1 heterocycles. The summed E-state index contributed by atoms with van der Waals surface area (Å²) in [6.45, 7) is 0.648. The number of rotatable bonds is 5. The van der Waals surface area contributed by atoms with Crippen LogP contribution >= 0.6 is 11.6 Å². The monoisotopic (exact) mass is 491 g/mol. The van der Waals surface area contributed by atoms with E-state index in [-0.39, 0.29) is 41.2 Å². The summed E-state index contributed by atoms with van der Waals surface area (Å²) in [5.41, 5.74) is -1.12. The molecule has 180 valence electrons. The Morgan fingerprint density at radius 1 is 1.24 bits per heavy atom. The SMILES string of the molecule is N#Cc1ccc(N(Cc2ccccc2C(F)(F)F)[C@H]2CCN(C(=O)C3(O)CCCC3)C2)cc1Cl. The van der Waals surface area contributed by atoms with E-state index in [1.165, 1.54) is 12.1 Å². The number of benzene rings is 2. The van der Waals surface area contributed by atoms with E-state index in [4.69, 9.17) is 11.6 Å². The Hall–Kier alpha value is -2.76. The highest BCUT2D eigenvalue weighted by Crippen LogP contribution is 2.36. The number of carbonyl (C=O) groups is 1. The summed E-state index contributed by atoms with van der Waals surface area (Å²) >= 11 is 6.24. The molecule has 5 nitrogen and oxygen atoms in total. The van der Waals surface area contributed by atoms with Gasteiger partial charge in [-0.15, -0.1) is 0 Å². The standard InChI is InChI=1S/C25H25ClF3N3O2/c26-22-13-19(8-7-17(22)14-30)32(15-18-5-1-2-6-21(18)25(27,28)29)20-9-12-31(16-20)23(33)24(34)10-3-4-11-24/h1-2,5-8,13,20,34H,3-4,9-12,15-16H2/t20-/m0/s1. The molecule has 1 aliphatic heterocycles. The maximum Gasteiger partial charge on any atom is 0.416 e. The number of carbonyl (C=O) groups excluding carboxylic acids is 1. The molecule has 0 spiro atoms. The van der Waals surface area contributed by atoms with Gasteiger partial charge in [0.15, 0.2) is 0 Å². The van der Waals surface area contributed by atoms with E-state index in [1.807, 2.05) is 11.0 Å². The number of aliphatic hydroxyl groups is 1. The van der Waals surface area contributed by atoms with Crippen molar-refractivity contribution in [2.45, 2.75) is 56.5 Å². The lowest BCUT2D eigenvalue weighted by Crippen LogP contribution is -2.47. The molecule has 4 rings (SSSR count). The van der Waals surface area contributed by atoms with E-state index >= 15 is 0 Å². The van der Waals surface area contributed by atoms with Crippen LogP contribution in [0, 0.1) is 11.3 Å². The number of hydrogen-bond acceptors (Lipinski definition) is 4. The zero-order valence-corrected chi connectivity index (χ0v) is 19.2. The third-order valence-corrected chi connectivity index (χ3v) is 7.10. The van der Waals surface area contributed by atoms with Crippen molar-refractivity contribution in [1.82, 2.24) is 4.90 Å². The van der Waals surface area contributed by atoms with Crippen LogP contribution in [0.3, 0.4) is 0 Å². The molecule has 34 heavy (non-hydrogen) atoms. The molecule has 2 aromatic rings. The lowest BCUT2D eigenvalue weighted by Gasteiger charge is -2.33. The Balaban J connectivity index is 1.65. The number of anilines is 1. The number of nitrogens with zero attached hydrogens (tertiary/aromatic N) is 3. The maximum absolute atomic E-state index is 13.7. The highest BCUT2D eigenvalue weighted by atomic mass is 35.5. The predicted molar refractivity (Wildman–Crippen MR) is 122 cm³/mol. The fraction of sp³-hybridized carbons (Fsp3) is 0.440. The molecule has 2 fully saturated rings. The van der Waals surface area contributed by atoms with Crippen LogP contribution in [0.4, 0.5) is 18.9 Å². The third kappa shape index (κ3) is 4.86. The quantitative estimate of drug-likeness (QED) is 0.628. The topological polar surface area (TPSA) is 67.6 Å². The zero-order valence-electron chi connectivity index (χ0n) is 18.5. The second kappa shape index (κ2) is 9.47. The molecule has 1 saturated heterocycles. The molecule has 0 bridgehead atoms. The molecule has 1 aliphatic carbocycles. The number of amides is 1. The number of nitriles is 1. The normalized spacial score (nSPS) is 19.8. The first-order valence-electron chi connectivity index (χ1n) is 11.3. The maximum atomic E-state index is 13.7. The van der Waals surface area contributed by atoms with Crippen molar-refractivity contribution in [3.63, 3.8) is 0 Å². The van der Waals surface area contributed by atoms with Crippen LogP contribution in [0.2, 0.25) is 5.02 Å². The number of alkyl halides is 3. The minimum absolute atomic E-state index is 0.0467. The second-order valence-electron chi connectivity index (χ2n) is 8.99. The molecular formula is C25H25ClF3N3O2. The fourth-order valence-electron chi connectivity index (χ4n) is 4.97. The van der Waals surface area contributed by atoms with E-state index in [9.17, 15) is 28.3 Å². The van der Waals surface area contributed by atoms with Gasteiger partial charge in [-0.2, -0.15) is 18.4 Å². The Bertz CT molecular complexity index is 1110. The van der Waals surface area contributed by atoms with E-state index < -0.39 is 17.3 Å². The molecule has 2 aromatic carbocycles. The average Bonchev–Trinajstić information content (AvgIpc) is 3.47. The Labute approximate surface area is 201 Å². The van der Waals surface area contributed by atoms with Gasteiger partial charge in [-0.3, -0.25) is 4.79 Å². The molecule has 1 atom stereocenters. The van der Waals surface area contributed by atoms with Crippen molar-refractivity contribution in [1.29, 1.82) is 5.26 Å². The number of hydrogen-bond donors (Lipinski definition) is 1. The van der Waals surface area contributed by atoms with Crippen molar-refractivity contribution in [2.75, 3.05) is 18.0 Å². The van der Waals surface area contributed by atoms with E-state index in [1.54, 1.807) is 29.2 Å². The lowest BCUT2D eigenvalue weighted by molar-refractivity contribution is -0.149. The van der Waals surface area contributed by atoms with Gasteiger partial charge in [0.2, 0.25) is 0 Å². The molecule has 0 unspecified atom stereocenters. The Morgan fingerprint density at radius 2 is 1.94 bits per heavy atom. The molecule has 1 amide bonds. The van der Waals surface area contributed by atoms with Crippen LogP contribution < -0.4 is 4.90 Å². The van der Waals surface area contributed by atoms with Gasteiger partial charge >= 0.3 is 6.18 Å². The van der Waals surface area contributed by atoms with Crippen molar-refractivity contribution in [2.24, 2.45) is 0 Å². The summed E-state index contributed by atoms with van der Waals surface area (Å²) in [4.78, 5) is 16.4. The first kappa shape index (κ1) is 24.4. The predicted octanol–water partition coefficient (Wildman–Crippen LogP) is 5.14. The van der Waals surface area contributed by atoms with Gasteiger partial charge in [0.1, 0.15) is 11.7 Å². The van der Waals surface area contributed by atoms with Crippen LogP contribution in [0.1, 0.15) is 48.8 Å². The summed E-state index contributed by atoms with van der Waals surface area (Å²) in [5.74, 6) is -0.305. The summed E-state index contributed by atoms with van der Waals surface area (Å²) in [6.07, 6.45) is -1.52. The summed E-state index contributed by atoms with van der Waals surface area (Å²) in [6, 6.07) is 11.9. The number of likely N-dealkylation sites (tertiary alicyclic amines) is 1. The fourth-order valence-corrected chi connectivity index (χ4v) is 5.19. The Kier molecular flexibility index (Phi) is 6.79. The highest BCUT2D eigenvalue weighted by Gasteiger charge is 2.44. The molecule has 1 N–H and O–H groups in total. The minimum atomic E-state index is -4.51. The summed E-state index contributed by atoms with van der Waals surface area (Å²) in [5, 5.41) is 20.2. The molecule has 9 heteroatoms. The van der Waals surface area contributed by atoms with Gasteiger partial charge in [-0.05, 0) is 61.9 Å². The second-order valence-corrected chi connectivity index (χ2v) is 9.40. The minimum Gasteiger partial charge on any atom is -0.380 e. The smallest absolute Gasteiger partial charge is 0.380 e. The molecular weight excluding hydrogens is 467 g/mol. The molecule has 0 radical (unpaired) electrons. The van der Waals surface area contributed by atoms with Crippen LogP contribution in [0.15, 0.2) is 42.5 Å². The van der Waals surface area contributed by atoms with Crippen LogP contribution in [-0.2, 0) is 17.5 Å². The van der Waals surface area contributed by atoms with Gasteiger partial charge in [-0.25, -0.2) is 0 Å².